The summed E-state index contributed by atoms with van der Waals surface area (Å²) in [5.74, 6) is 0.688. The number of rotatable bonds is 5. The van der Waals surface area contributed by atoms with E-state index in [1.807, 2.05) is 24.5 Å². The number of pyridine rings is 2. The third kappa shape index (κ3) is 4.50. The third-order valence-electron chi connectivity index (χ3n) is 4.18. The zero-order valence-electron chi connectivity index (χ0n) is 13.9. The van der Waals surface area contributed by atoms with E-state index in [1.54, 1.807) is 7.11 Å². The molecule has 122 valence electrons. The quantitative estimate of drug-likeness (QED) is 0.846. The predicted octanol–water partition coefficient (Wildman–Crippen LogP) is 2.11. The highest BCUT2D eigenvalue weighted by Crippen LogP contribution is 2.13. The fourth-order valence-electron chi connectivity index (χ4n) is 2.96. The van der Waals surface area contributed by atoms with Gasteiger partial charge in [-0.3, -0.25) is 14.8 Å². The third-order valence-corrected chi connectivity index (χ3v) is 4.18. The molecule has 0 radical (unpaired) electrons. The summed E-state index contributed by atoms with van der Waals surface area (Å²) < 4.78 is 5.19. The molecule has 0 aromatic carbocycles. The summed E-state index contributed by atoms with van der Waals surface area (Å²) >= 11 is 0. The molecule has 0 atom stereocenters. The Balaban J connectivity index is 1.50. The fourth-order valence-corrected chi connectivity index (χ4v) is 2.96. The highest BCUT2D eigenvalue weighted by molar-refractivity contribution is 5.17. The van der Waals surface area contributed by atoms with Crippen molar-refractivity contribution >= 4 is 0 Å². The normalized spacial score (nSPS) is 16.4. The summed E-state index contributed by atoms with van der Waals surface area (Å²) in [6.45, 7) is 8.26. The van der Waals surface area contributed by atoms with E-state index in [4.69, 9.17) is 4.74 Å². The first-order valence-corrected chi connectivity index (χ1v) is 8.08. The van der Waals surface area contributed by atoms with Crippen LogP contribution in [-0.2, 0) is 13.1 Å². The van der Waals surface area contributed by atoms with Crippen molar-refractivity contribution in [1.82, 2.24) is 19.8 Å². The molecule has 0 amide bonds. The minimum atomic E-state index is 0.688. The zero-order valence-corrected chi connectivity index (χ0v) is 13.9. The van der Waals surface area contributed by atoms with Crippen molar-refractivity contribution < 1.29 is 4.74 Å². The number of piperazine rings is 1. The van der Waals surface area contributed by atoms with Crippen molar-refractivity contribution in [1.29, 1.82) is 0 Å². The van der Waals surface area contributed by atoms with Crippen LogP contribution in [0.3, 0.4) is 0 Å². The molecule has 23 heavy (non-hydrogen) atoms. The summed E-state index contributed by atoms with van der Waals surface area (Å²) in [5.41, 5.74) is 3.60. The van der Waals surface area contributed by atoms with Gasteiger partial charge in [0.15, 0.2) is 0 Å². The van der Waals surface area contributed by atoms with Crippen LogP contribution in [-0.4, -0.2) is 53.1 Å². The first-order valence-electron chi connectivity index (χ1n) is 8.08. The van der Waals surface area contributed by atoms with Gasteiger partial charge in [0.25, 0.3) is 0 Å². The second-order valence-corrected chi connectivity index (χ2v) is 6.09. The van der Waals surface area contributed by atoms with Crippen LogP contribution in [0, 0.1) is 6.92 Å². The molecule has 3 rings (SSSR count). The molecule has 1 aliphatic rings. The lowest BCUT2D eigenvalue weighted by Crippen LogP contribution is -2.45. The molecule has 2 aromatic heterocycles. The Bertz CT molecular complexity index is 638. The number of methoxy groups -OCH3 is 1. The number of aryl methyl sites for hydroxylation is 1. The van der Waals surface area contributed by atoms with Crippen LogP contribution >= 0.6 is 0 Å². The molecule has 0 saturated carbocycles. The van der Waals surface area contributed by atoms with E-state index in [9.17, 15) is 0 Å². The Morgan fingerprint density at radius 2 is 1.78 bits per heavy atom. The van der Waals surface area contributed by atoms with Crippen molar-refractivity contribution in [3.63, 3.8) is 0 Å². The van der Waals surface area contributed by atoms with Gasteiger partial charge in [-0.15, -0.1) is 0 Å². The molecule has 2 aromatic rings. The molecule has 1 saturated heterocycles. The molecule has 0 bridgehead atoms. The van der Waals surface area contributed by atoms with Crippen molar-refractivity contribution in [2.75, 3.05) is 33.3 Å². The Morgan fingerprint density at radius 1 is 1.04 bits per heavy atom. The van der Waals surface area contributed by atoms with E-state index in [2.05, 4.69) is 38.8 Å². The van der Waals surface area contributed by atoms with Gasteiger partial charge in [-0.05, 0) is 24.1 Å². The van der Waals surface area contributed by atoms with E-state index in [-0.39, 0.29) is 0 Å². The van der Waals surface area contributed by atoms with Crippen LogP contribution in [0.15, 0.2) is 36.7 Å². The van der Waals surface area contributed by atoms with Crippen LogP contribution < -0.4 is 4.74 Å². The molecular formula is C18H24N4O. The Labute approximate surface area is 137 Å². The molecule has 5 heteroatoms. The summed E-state index contributed by atoms with van der Waals surface area (Å²) in [6.07, 6.45) is 3.88. The highest BCUT2D eigenvalue weighted by atomic mass is 16.5. The average Bonchev–Trinajstić information content (AvgIpc) is 2.57. The lowest BCUT2D eigenvalue weighted by atomic mass is 10.2. The van der Waals surface area contributed by atoms with Crippen molar-refractivity contribution in [2.45, 2.75) is 20.0 Å². The van der Waals surface area contributed by atoms with E-state index < -0.39 is 0 Å². The lowest BCUT2D eigenvalue weighted by Gasteiger charge is -2.34. The fraction of sp³-hybridized carbons (Fsp3) is 0.444. The van der Waals surface area contributed by atoms with Crippen LogP contribution in [0.25, 0.3) is 0 Å². The van der Waals surface area contributed by atoms with Crippen LogP contribution in [0.2, 0.25) is 0 Å². The number of aromatic nitrogens is 2. The molecule has 0 N–H and O–H groups in total. The van der Waals surface area contributed by atoms with E-state index in [0.717, 1.165) is 45.0 Å². The molecule has 0 spiro atoms. The second kappa shape index (κ2) is 7.53. The van der Waals surface area contributed by atoms with Crippen LogP contribution in [0.1, 0.15) is 16.8 Å². The van der Waals surface area contributed by atoms with Crippen molar-refractivity contribution in [3.05, 3.63) is 53.5 Å². The predicted molar refractivity (Wildman–Crippen MR) is 90.3 cm³/mol. The molecular weight excluding hydrogens is 288 g/mol. The van der Waals surface area contributed by atoms with E-state index in [1.165, 1.54) is 11.1 Å². The number of ether oxygens (including phenoxy) is 1. The van der Waals surface area contributed by atoms with E-state index >= 15 is 0 Å². The maximum Gasteiger partial charge on any atom is 0.213 e. The second-order valence-electron chi connectivity index (χ2n) is 6.09. The largest absolute Gasteiger partial charge is 0.481 e. The molecule has 0 aliphatic carbocycles. The highest BCUT2D eigenvalue weighted by Gasteiger charge is 2.17. The Morgan fingerprint density at radius 3 is 2.48 bits per heavy atom. The summed E-state index contributed by atoms with van der Waals surface area (Å²) in [4.78, 5) is 13.7. The van der Waals surface area contributed by atoms with Crippen molar-refractivity contribution in [2.24, 2.45) is 0 Å². The van der Waals surface area contributed by atoms with Gasteiger partial charge in [0.2, 0.25) is 5.88 Å². The van der Waals surface area contributed by atoms with Gasteiger partial charge in [0.1, 0.15) is 0 Å². The molecule has 5 nitrogen and oxygen atoms in total. The van der Waals surface area contributed by atoms with Crippen LogP contribution in [0.4, 0.5) is 0 Å². The smallest absolute Gasteiger partial charge is 0.213 e. The SMILES string of the molecule is COc1cccc(CN2CCN(Cc3cncc(C)c3)CC2)n1. The summed E-state index contributed by atoms with van der Waals surface area (Å²) in [7, 11) is 1.66. The summed E-state index contributed by atoms with van der Waals surface area (Å²) in [5, 5.41) is 0. The number of hydrogen-bond donors (Lipinski definition) is 0. The van der Waals surface area contributed by atoms with Gasteiger partial charge < -0.3 is 4.74 Å². The topological polar surface area (TPSA) is 41.5 Å². The van der Waals surface area contributed by atoms with Crippen LogP contribution in [0.5, 0.6) is 5.88 Å². The minimum Gasteiger partial charge on any atom is -0.481 e. The van der Waals surface area contributed by atoms with Crippen molar-refractivity contribution in [3.8, 4) is 5.88 Å². The monoisotopic (exact) mass is 312 g/mol. The maximum atomic E-state index is 5.19. The molecule has 0 unspecified atom stereocenters. The molecule has 3 heterocycles. The Kier molecular flexibility index (Phi) is 5.20. The van der Waals surface area contributed by atoms with Gasteiger partial charge >= 0.3 is 0 Å². The van der Waals surface area contributed by atoms with Gasteiger partial charge in [0.05, 0.1) is 12.8 Å². The average molecular weight is 312 g/mol. The van der Waals surface area contributed by atoms with Gasteiger partial charge in [-0.25, -0.2) is 4.98 Å². The minimum absolute atomic E-state index is 0.688. The summed E-state index contributed by atoms with van der Waals surface area (Å²) in [6, 6.07) is 8.17. The van der Waals surface area contributed by atoms with Gasteiger partial charge in [-0.2, -0.15) is 0 Å². The van der Waals surface area contributed by atoms with Gasteiger partial charge in [0, 0.05) is 57.7 Å². The van der Waals surface area contributed by atoms with Gasteiger partial charge in [-0.1, -0.05) is 12.1 Å². The first-order chi connectivity index (χ1) is 11.2. The number of hydrogen-bond acceptors (Lipinski definition) is 5. The zero-order chi connectivity index (χ0) is 16.1. The Hall–Kier alpha value is -1.98. The molecule has 1 fully saturated rings. The molecule has 1 aliphatic heterocycles. The first kappa shape index (κ1) is 15.9. The van der Waals surface area contributed by atoms with E-state index in [0.29, 0.717) is 5.88 Å². The lowest BCUT2D eigenvalue weighted by molar-refractivity contribution is 0.120. The standard InChI is InChI=1S/C18H24N4O/c1-15-10-16(12-19-11-15)13-21-6-8-22(9-7-21)14-17-4-3-5-18(20-17)23-2/h3-5,10-12H,6-9,13-14H2,1-2H3. The maximum absolute atomic E-state index is 5.19. The number of nitrogens with zero attached hydrogens (tertiary/aromatic N) is 4.